The van der Waals surface area contributed by atoms with E-state index in [9.17, 15) is 13.2 Å². The van der Waals surface area contributed by atoms with Crippen LogP contribution in [0.15, 0.2) is 28.7 Å². The quantitative estimate of drug-likeness (QED) is 0.732. The van der Waals surface area contributed by atoms with Crippen molar-refractivity contribution in [2.45, 2.75) is 57.3 Å². The number of halogens is 4. The van der Waals surface area contributed by atoms with Crippen LogP contribution in [-0.4, -0.2) is 12.2 Å². The maximum Gasteiger partial charge on any atom is 0.393 e. The molecule has 1 N–H and O–H groups in total. The fraction of sp³-hybridized carbons (Fsp3) is 0.625. The monoisotopic (exact) mass is 363 g/mol. The van der Waals surface area contributed by atoms with E-state index in [1.54, 1.807) is 0 Å². The van der Waals surface area contributed by atoms with E-state index in [-0.39, 0.29) is 12.5 Å². The van der Waals surface area contributed by atoms with Crippen molar-refractivity contribution in [1.82, 2.24) is 5.32 Å². The summed E-state index contributed by atoms with van der Waals surface area (Å²) in [5, 5.41) is 3.26. The molecule has 1 saturated carbocycles. The van der Waals surface area contributed by atoms with Crippen molar-refractivity contribution in [3.63, 3.8) is 0 Å². The smallest absolute Gasteiger partial charge is 0.307 e. The van der Waals surface area contributed by atoms with Gasteiger partial charge in [-0.2, -0.15) is 13.2 Å². The van der Waals surface area contributed by atoms with Crippen LogP contribution in [0, 0.1) is 5.92 Å². The lowest BCUT2D eigenvalue weighted by Crippen LogP contribution is -2.46. The molecule has 0 bridgehead atoms. The van der Waals surface area contributed by atoms with Crippen molar-refractivity contribution < 1.29 is 13.2 Å². The van der Waals surface area contributed by atoms with E-state index >= 15 is 0 Å². The summed E-state index contributed by atoms with van der Waals surface area (Å²) in [6.45, 7) is 2.00. The molecular weight excluding hydrogens is 343 g/mol. The van der Waals surface area contributed by atoms with Gasteiger partial charge in [-0.1, -0.05) is 47.8 Å². The minimum atomic E-state index is -4.10. The largest absolute Gasteiger partial charge is 0.393 e. The third-order valence-electron chi connectivity index (χ3n) is 4.26. The molecule has 3 unspecified atom stereocenters. The van der Waals surface area contributed by atoms with E-state index in [4.69, 9.17) is 0 Å². The normalized spacial score (nSPS) is 24.8. The number of nitrogens with one attached hydrogen (secondary N) is 1. The molecule has 0 aliphatic heterocycles. The average molecular weight is 364 g/mol. The summed E-state index contributed by atoms with van der Waals surface area (Å²) in [6, 6.07) is 7.30. The number of benzene rings is 1. The third-order valence-corrected chi connectivity index (χ3v) is 4.75. The highest BCUT2D eigenvalue weighted by Crippen LogP contribution is 2.39. The zero-order chi connectivity index (χ0) is 15.5. The fourth-order valence-electron chi connectivity index (χ4n) is 3.15. The van der Waals surface area contributed by atoms with E-state index in [1.165, 1.54) is 0 Å². The Morgan fingerprint density at radius 1 is 1.29 bits per heavy atom. The minimum absolute atomic E-state index is 0.0320. The molecular formula is C16H21BrF3N. The van der Waals surface area contributed by atoms with Gasteiger partial charge >= 0.3 is 6.18 Å². The zero-order valence-corrected chi connectivity index (χ0v) is 13.7. The maximum atomic E-state index is 13.2. The van der Waals surface area contributed by atoms with Crippen molar-refractivity contribution in [1.29, 1.82) is 0 Å². The number of hydrogen-bond donors (Lipinski definition) is 1. The predicted molar refractivity (Wildman–Crippen MR) is 82.1 cm³/mol. The van der Waals surface area contributed by atoms with E-state index in [2.05, 4.69) is 21.2 Å². The van der Waals surface area contributed by atoms with E-state index in [1.807, 2.05) is 31.2 Å². The molecule has 1 aliphatic carbocycles. The summed E-state index contributed by atoms with van der Waals surface area (Å²) >= 11 is 3.42. The Kier molecular flexibility index (Phi) is 5.72. The molecule has 1 aromatic carbocycles. The molecule has 0 amide bonds. The van der Waals surface area contributed by atoms with Gasteiger partial charge in [-0.3, -0.25) is 0 Å². The van der Waals surface area contributed by atoms with Crippen LogP contribution in [0.25, 0.3) is 0 Å². The maximum absolute atomic E-state index is 13.2. The highest BCUT2D eigenvalue weighted by atomic mass is 79.9. The van der Waals surface area contributed by atoms with Crippen LogP contribution in [0.4, 0.5) is 13.2 Å². The number of rotatable bonds is 4. The highest BCUT2D eigenvalue weighted by molar-refractivity contribution is 9.10. The van der Waals surface area contributed by atoms with Gasteiger partial charge in [0.25, 0.3) is 0 Å². The molecule has 118 valence electrons. The first-order valence-corrected chi connectivity index (χ1v) is 8.29. The standard InChI is InChI=1S/C16H21BrF3N/c1-2-14(11-6-5-7-12(17)10-11)21-15-9-4-3-8-13(15)16(18,19)20/h5-7,10,13-15,21H,2-4,8-9H2,1H3. The molecule has 1 aromatic rings. The molecule has 21 heavy (non-hydrogen) atoms. The second-order valence-corrected chi connectivity index (χ2v) is 6.64. The van der Waals surface area contributed by atoms with E-state index in [0.717, 1.165) is 22.9 Å². The summed E-state index contributed by atoms with van der Waals surface area (Å²) < 4.78 is 40.4. The number of hydrogen-bond acceptors (Lipinski definition) is 1. The lowest BCUT2D eigenvalue weighted by molar-refractivity contribution is -0.189. The lowest BCUT2D eigenvalue weighted by atomic mass is 9.83. The van der Waals surface area contributed by atoms with Crippen molar-refractivity contribution in [2.24, 2.45) is 5.92 Å². The molecule has 2 rings (SSSR count). The van der Waals surface area contributed by atoms with Gasteiger partial charge in [-0.25, -0.2) is 0 Å². The van der Waals surface area contributed by atoms with Crippen molar-refractivity contribution in [3.8, 4) is 0 Å². The molecule has 0 aromatic heterocycles. The van der Waals surface area contributed by atoms with Gasteiger partial charge in [0.05, 0.1) is 5.92 Å². The van der Waals surface area contributed by atoms with Crippen LogP contribution in [0.3, 0.4) is 0 Å². The second-order valence-electron chi connectivity index (χ2n) is 5.72. The molecule has 1 fully saturated rings. The molecule has 0 radical (unpaired) electrons. The van der Waals surface area contributed by atoms with Gasteiger partial charge < -0.3 is 5.32 Å². The first kappa shape index (κ1) is 16.8. The molecule has 0 heterocycles. The summed E-state index contributed by atoms with van der Waals surface area (Å²) in [7, 11) is 0. The van der Waals surface area contributed by atoms with Gasteiger partial charge in [0.15, 0.2) is 0 Å². The Morgan fingerprint density at radius 3 is 2.62 bits per heavy atom. The Bertz CT molecular complexity index is 461. The van der Waals surface area contributed by atoms with Gasteiger partial charge in [-0.15, -0.1) is 0 Å². The summed E-state index contributed by atoms with van der Waals surface area (Å²) in [5.74, 6) is -1.22. The topological polar surface area (TPSA) is 12.0 Å². The van der Waals surface area contributed by atoms with Crippen LogP contribution >= 0.6 is 15.9 Å². The van der Waals surface area contributed by atoms with Gasteiger partial charge in [0, 0.05) is 16.6 Å². The summed E-state index contributed by atoms with van der Waals surface area (Å²) in [5.41, 5.74) is 1.04. The number of alkyl halides is 3. The fourth-order valence-corrected chi connectivity index (χ4v) is 3.57. The molecule has 1 nitrogen and oxygen atoms in total. The molecule has 1 aliphatic rings. The Labute approximate surface area is 132 Å². The Hall–Kier alpha value is -0.550. The van der Waals surface area contributed by atoms with Crippen LogP contribution in [0.1, 0.15) is 50.6 Å². The third kappa shape index (κ3) is 4.46. The highest BCUT2D eigenvalue weighted by Gasteiger charge is 2.45. The van der Waals surface area contributed by atoms with Gasteiger partial charge in [0.1, 0.15) is 0 Å². The minimum Gasteiger partial charge on any atom is -0.307 e. The first-order valence-electron chi connectivity index (χ1n) is 7.50. The molecule has 0 saturated heterocycles. The van der Waals surface area contributed by atoms with Crippen LogP contribution in [0.2, 0.25) is 0 Å². The van der Waals surface area contributed by atoms with Crippen molar-refractivity contribution in [2.75, 3.05) is 0 Å². The van der Waals surface area contributed by atoms with Gasteiger partial charge in [0.2, 0.25) is 0 Å². The molecule has 3 atom stereocenters. The zero-order valence-electron chi connectivity index (χ0n) is 12.1. The Balaban J connectivity index is 2.13. The Morgan fingerprint density at radius 2 is 2.00 bits per heavy atom. The van der Waals surface area contributed by atoms with E-state index in [0.29, 0.717) is 12.8 Å². The predicted octanol–water partition coefficient (Wildman–Crippen LogP) is 5.61. The van der Waals surface area contributed by atoms with Gasteiger partial charge in [-0.05, 0) is 37.0 Å². The summed E-state index contributed by atoms with van der Waals surface area (Å²) in [4.78, 5) is 0. The SMILES string of the molecule is CCC(NC1CCCCC1C(F)(F)F)c1cccc(Br)c1. The van der Waals surface area contributed by atoms with Crippen molar-refractivity contribution in [3.05, 3.63) is 34.3 Å². The van der Waals surface area contributed by atoms with Crippen molar-refractivity contribution >= 4 is 15.9 Å². The van der Waals surface area contributed by atoms with Crippen LogP contribution < -0.4 is 5.32 Å². The first-order chi connectivity index (χ1) is 9.91. The van der Waals surface area contributed by atoms with Crippen LogP contribution in [0.5, 0.6) is 0 Å². The molecule has 0 spiro atoms. The summed E-state index contributed by atoms with van der Waals surface area (Å²) in [6.07, 6.45) is -0.925. The second kappa shape index (κ2) is 7.14. The average Bonchev–Trinajstić information content (AvgIpc) is 2.44. The van der Waals surface area contributed by atoms with Crippen LogP contribution in [-0.2, 0) is 0 Å². The molecule has 5 heteroatoms. The van der Waals surface area contributed by atoms with E-state index < -0.39 is 18.1 Å². The lowest BCUT2D eigenvalue weighted by Gasteiger charge is -2.36.